The first-order chi connectivity index (χ1) is 6.10. The lowest BCUT2D eigenvalue weighted by Crippen LogP contribution is -2.02. The molecule has 0 aliphatic carbocycles. The predicted molar refractivity (Wildman–Crippen MR) is 56.6 cm³/mol. The van der Waals surface area contributed by atoms with Crippen molar-refractivity contribution in [2.45, 2.75) is 6.92 Å². The van der Waals surface area contributed by atoms with E-state index in [1.54, 1.807) is 31.4 Å². The molecule has 0 radical (unpaired) electrons. The van der Waals surface area contributed by atoms with E-state index < -0.39 is 6.49 Å². The van der Waals surface area contributed by atoms with Crippen molar-refractivity contribution in [2.24, 2.45) is 0 Å². The van der Waals surface area contributed by atoms with E-state index in [0.29, 0.717) is 17.2 Å². The van der Waals surface area contributed by atoms with E-state index in [1.165, 1.54) is 0 Å². The summed E-state index contributed by atoms with van der Waals surface area (Å²) in [7, 11) is 1.57. The smallest absolute Gasteiger partial charge is 0.197 e. The average Bonchev–Trinajstić information content (AvgIpc) is 2.18. The van der Waals surface area contributed by atoms with Crippen molar-refractivity contribution in [1.82, 2.24) is 0 Å². The van der Waals surface area contributed by atoms with E-state index in [-0.39, 0.29) is 0 Å². The predicted octanol–water partition coefficient (Wildman–Crippen LogP) is 2.86. The molecule has 13 heavy (non-hydrogen) atoms. The number of hydrogen-bond donors (Lipinski definition) is 0. The molecule has 0 aliphatic rings. The van der Waals surface area contributed by atoms with Gasteiger partial charge in [-0.1, -0.05) is 19.1 Å². The molecule has 1 unspecified atom stereocenters. The first kappa shape index (κ1) is 10.6. The molecular weight excluding hydrogens is 207 g/mol. The van der Waals surface area contributed by atoms with Gasteiger partial charge < -0.3 is 9.30 Å². The minimum Gasteiger partial charge on any atom is -0.497 e. The third-order valence-corrected chi connectivity index (χ3v) is 5.01. The van der Waals surface area contributed by atoms with Gasteiger partial charge in [0.05, 0.1) is 7.11 Å². The Hall–Kier alpha value is -0.460. The van der Waals surface area contributed by atoms with Crippen LogP contribution < -0.4 is 10.0 Å². The van der Waals surface area contributed by atoms with Crippen LogP contribution in [0, 0.1) is 0 Å². The van der Waals surface area contributed by atoms with E-state index in [2.05, 4.69) is 0 Å². The highest BCUT2D eigenvalue weighted by Gasteiger charge is 2.18. The van der Waals surface area contributed by atoms with Crippen LogP contribution in [0.3, 0.4) is 0 Å². The second kappa shape index (κ2) is 4.17. The fraction of sp³-hybridized carbons (Fsp3) is 0.333. The van der Waals surface area contributed by atoms with Crippen molar-refractivity contribution >= 4 is 23.0 Å². The fourth-order valence-corrected chi connectivity index (χ4v) is 2.31. The number of halogens is 1. The van der Waals surface area contributed by atoms with Crippen LogP contribution in [-0.4, -0.2) is 13.3 Å². The fourth-order valence-electron chi connectivity index (χ4n) is 1.00. The Bertz CT molecular complexity index is 338. The zero-order valence-electron chi connectivity index (χ0n) is 7.66. The van der Waals surface area contributed by atoms with Crippen molar-refractivity contribution in [3.05, 3.63) is 24.3 Å². The summed E-state index contributed by atoms with van der Waals surface area (Å²) in [4.78, 5) is 0. The molecule has 0 amide bonds. The topological polar surface area (TPSA) is 26.3 Å². The van der Waals surface area contributed by atoms with Gasteiger partial charge in [-0.25, -0.2) is 0 Å². The van der Waals surface area contributed by atoms with E-state index in [1.807, 2.05) is 6.92 Å². The van der Waals surface area contributed by atoms with Gasteiger partial charge in [0.15, 0.2) is 6.49 Å². The summed E-state index contributed by atoms with van der Waals surface area (Å²) < 4.78 is 16.8. The maximum absolute atomic E-state index is 11.8. The second-order valence-corrected chi connectivity index (χ2v) is 6.76. The molecule has 0 spiro atoms. The molecule has 0 heterocycles. The van der Waals surface area contributed by atoms with Crippen molar-refractivity contribution in [3.8, 4) is 5.75 Å². The standard InChI is InChI=1S/C9H12ClO2P/c1-3-13(10,11)9-6-4-5-8(7-9)12-2/h4-7H,3H2,1-2H3. The maximum atomic E-state index is 11.8. The number of hydrogen-bond acceptors (Lipinski definition) is 2. The molecular formula is C9H12ClO2P. The van der Waals surface area contributed by atoms with Crippen molar-refractivity contribution in [2.75, 3.05) is 13.3 Å². The Labute approximate surface area is 83.0 Å². The first-order valence-electron chi connectivity index (χ1n) is 4.03. The monoisotopic (exact) mass is 218 g/mol. The third-order valence-electron chi connectivity index (χ3n) is 1.85. The summed E-state index contributed by atoms with van der Waals surface area (Å²) >= 11 is 5.87. The Morgan fingerprint density at radius 1 is 1.54 bits per heavy atom. The van der Waals surface area contributed by atoms with Crippen LogP contribution in [0.5, 0.6) is 5.75 Å². The molecule has 0 N–H and O–H groups in total. The largest absolute Gasteiger partial charge is 0.497 e. The summed E-state index contributed by atoms with van der Waals surface area (Å²) in [5.74, 6) is 0.687. The SMILES string of the molecule is CCP(=O)(Cl)c1cccc(OC)c1. The highest BCUT2D eigenvalue weighted by Crippen LogP contribution is 2.49. The normalized spacial score (nSPS) is 15.0. The zero-order valence-corrected chi connectivity index (χ0v) is 9.31. The summed E-state index contributed by atoms with van der Waals surface area (Å²) in [6.07, 6.45) is 0.460. The van der Waals surface area contributed by atoms with Gasteiger partial charge in [-0.3, -0.25) is 0 Å². The van der Waals surface area contributed by atoms with Crippen LogP contribution in [0.1, 0.15) is 6.92 Å². The molecule has 0 bridgehead atoms. The van der Waals surface area contributed by atoms with Gasteiger partial charge in [-0.15, -0.1) is 0 Å². The minimum atomic E-state index is -2.67. The molecule has 1 rings (SSSR count). The van der Waals surface area contributed by atoms with Crippen LogP contribution in [0.4, 0.5) is 0 Å². The van der Waals surface area contributed by atoms with Gasteiger partial charge in [-0.2, -0.15) is 0 Å². The maximum Gasteiger partial charge on any atom is 0.197 e. The summed E-state index contributed by atoms with van der Waals surface area (Å²) in [5, 5.41) is 0.663. The Morgan fingerprint density at radius 3 is 2.77 bits per heavy atom. The number of methoxy groups -OCH3 is 1. The third kappa shape index (κ3) is 2.49. The molecule has 0 saturated heterocycles. The van der Waals surface area contributed by atoms with Crippen molar-refractivity contribution < 1.29 is 9.30 Å². The van der Waals surface area contributed by atoms with Gasteiger partial charge in [0.1, 0.15) is 5.75 Å². The molecule has 0 fully saturated rings. The molecule has 1 aromatic rings. The lowest BCUT2D eigenvalue weighted by Gasteiger charge is -2.08. The van der Waals surface area contributed by atoms with Crippen molar-refractivity contribution in [3.63, 3.8) is 0 Å². The summed E-state index contributed by atoms with van der Waals surface area (Å²) in [6.45, 7) is -0.861. The van der Waals surface area contributed by atoms with Gasteiger partial charge in [0, 0.05) is 11.5 Å². The minimum absolute atomic E-state index is 0.460. The van der Waals surface area contributed by atoms with E-state index in [4.69, 9.17) is 16.0 Å². The van der Waals surface area contributed by atoms with Crippen LogP contribution in [-0.2, 0) is 4.57 Å². The van der Waals surface area contributed by atoms with Crippen LogP contribution in [0.15, 0.2) is 24.3 Å². The van der Waals surface area contributed by atoms with Crippen LogP contribution >= 0.6 is 17.7 Å². The molecule has 4 heteroatoms. The highest BCUT2D eigenvalue weighted by molar-refractivity contribution is 7.95. The summed E-state index contributed by atoms with van der Waals surface area (Å²) in [5.41, 5.74) is 0. The molecule has 2 nitrogen and oxygen atoms in total. The Balaban J connectivity index is 3.09. The first-order valence-corrected chi connectivity index (χ1v) is 6.83. The molecule has 72 valence electrons. The second-order valence-electron chi connectivity index (χ2n) is 2.67. The van der Waals surface area contributed by atoms with Gasteiger partial charge in [0.25, 0.3) is 0 Å². The number of benzene rings is 1. The zero-order chi connectivity index (χ0) is 9.90. The average molecular weight is 219 g/mol. The molecule has 0 aromatic heterocycles. The molecule has 0 saturated carbocycles. The van der Waals surface area contributed by atoms with E-state index >= 15 is 0 Å². The van der Waals surface area contributed by atoms with Gasteiger partial charge in [0.2, 0.25) is 0 Å². The summed E-state index contributed by atoms with van der Waals surface area (Å²) in [6, 6.07) is 7.08. The number of rotatable bonds is 3. The Morgan fingerprint density at radius 2 is 2.23 bits per heavy atom. The quantitative estimate of drug-likeness (QED) is 0.730. The van der Waals surface area contributed by atoms with E-state index in [0.717, 1.165) is 0 Å². The molecule has 1 aromatic carbocycles. The highest BCUT2D eigenvalue weighted by atomic mass is 35.7. The lowest BCUT2D eigenvalue weighted by molar-refractivity contribution is 0.415. The van der Waals surface area contributed by atoms with E-state index in [9.17, 15) is 4.57 Å². The van der Waals surface area contributed by atoms with Crippen LogP contribution in [0.2, 0.25) is 0 Å². The van der Waals surface area contributed by atoms with Crippen LogP contribution in [0.25, 0.3) is 0 Å². The molecule has 1 atom stereocenters. The number of ether oxygens (including phenoxy) is 1. The van der Waals surface area contributed by atoms with Gasteiger partial charge >= 0.3 is 0 Å². The molecule has 0 aliphatic heterocycles. The Kier molecular flexibility index (Phi) is 3.40. The van der Waals surface area contributed by atoms with Gasteiger partial charge in [-0.05, 0) is 23.4 Å². The van der Waals surface area contributed by atoms with Crippen molar-refractivity contribution in [1.29, 1.82) is 0 Å². The lowest BCUT2D eigenvalue weighted by atomic mass is 10.3.